The van der Waals surface area contributed by atoms with Crippen LogP contribution in [0.2, 0.25) is 18.1 Å². The molecule has 1 aliphatic carbocycles. The van der Waals surface area contributed by atoms with Crippen LogP contribution in [0, 0.1) is 22.7 Å². The second-order valence-electron chi connectivity index (χ2n) is 13.1. The fraction of sp³-hybridized carbons (Fsp3) is 0.926. The van der Waals surface area contributed by atoms with Crippen LogP contribution in [0.1, 0.15) is 87.0 Å². The normalized spacial score (nSPS) is 30.9. The van der Waals surface area contributed by atoms with E-state index in [1.54, 1.807) is 0 Å². The fourth-order valence-electron chi connectivity index (χ4n) is 5.45. The lowest BCUT2D eigenvalue weighted by Crippen LogP contribution is -2.61. The molecule has 0 aromatic rings. The zero-order valence-electron chi connectivity index (χ0n) is 23.2. The van der Waals surface area contributed by atoms with E-state index in [0.717, 1.165) is 44.0 Å². The molecule has 1 N–H and O–H groups in total. The summed E-state index contributed by atoms with van der Waals surface area (Å²) < 4.78 is 12.9. The van der Waals surface area contributed by atoms with Crippen molar-refractivity contribution < 1.29 is 19.1 Å². The van der Waals surface area contributed by atoms with Crippen LogP contribution in [0.5, 0.6) is 0 Å². The van der Waals surface area contributed by atoms with Gasteiger partial charge in [-0.05, 0) is 83.3 Å². The summed E-state index contributed by atoms with van der Waals surface area (Å²) in [7, 11) is -2.06. The molecule has 198 valence electrons. The van der Waals surface area contributed by atoms with Crippen molar-refractivity contribution in [3.8, 4) is 0 Å². The molecule has 0 aromatic carbocycles. The van der Waals surface area contributed by atoms with Gasteiger partial charge in [-0.3, -0.25) is 9.79 Å². The number of alkyl halides is 1. The van der Waals surface area contributed by atoms with Crippen LogP contribution in [0.15, 0.2) is 4.99 Å². The van der Waals surface area contributed by atoms with Crippen LogP contribution in [0.3, 0.4) is 0 Å². The summed E-state index contributed by atoms with van der Waals surface area (Å²) in [4.78, 5) is 17.5. The SMILES string of the molecule is C[C@H]1C[C@H](O)[C@](CCCBr)(C2=NCCC2)[C@H](CCOC(=O)C(C)(C)C)[C@H]1O[Si](C)(C)C(C)(C)C. The van der Waals surface area contributed by atoms with E-state index in [-0.39, 0.29) is 28.9 Å². The molecule has 7 heteroatoms. The van der Waals surface area contributed by atoms with E-state index < -0.39 is 25.3 Å². The van der Waals surface area contributed by atoms with Gasteiger partial charge in [-0.1, -0.05) is 43.6 Å². The highest BCUT2D eigenvalue weighted by Crippen LogP contribution is 2.53. The van der Waals surface area contributed by atoms with Gasteiger partial charge in [0.25, 0.3) is 0 Å². The van der Waals surface area contributed by atoms with Crippen molar-refractivity contribution in [3.63, 3.8) is 0 Å². The van der Waals surface area contributed by atoms with Crippen LogP contribution < -0.4 is 0 Å². The lowest BCUT2D eigenvalue weighted by atomic mass is 9.55. The highest BCUT2D eigenvalue weighted by Gasteiger charge is 2.57. The first-order valence-corrected chi connectivity index (χ1v) is 17.2. The smallest absolute Gasteiger partial charge is 0.311 e. The van der Waals surface area contributed by atoms with Gasteiger partial charge in [0.15, 0.2) is 8.32 Å². The van der Waals surface area contributed by atoms with Gasteiger partial charge < -0.3 is 14.3 Å². The largest absolute Gasteiger partial charge is 0.465 e. The number of carbonyl (C=O) groups excluding carboxylic acids is 1. The Labute approximate surface area is 218 Å². The molecule has 1 heterocycles. The number of esters is 1. The van der Waals surface area contributed by atoms with Crippen molar-refractivity contribution in [1.29, 1.82) is 0 Å². The van der Waals surface area contributed by atoms with E-state index in [4.69, 9.17) is 14.2 Å². The predicted octanol–water partition coefficient (Wildman–Crippen LogP) is 6.77. The third kappa shape index (κ3) is 6.54. The van der Waals surface area contributed by atoms with Crippen molar-refractivity contribution in [2.45, 2.75) is 117 Å². The van der Waals surface area contributed by atoms with Crippen LogP contribution >= 0.6 is 15.9 Å². The van der Waals surface area contributed by atoms with Crippen molar-refractivity contribution in [1.82, 2.24) is 0 Å². The van der Waals surface area contributed by atoms with Crippen molar-refractivity contribution >= 4 is 35.9 Å². The van der Waals surface area contributed by atoms with E-state index >= 15 is 0 Å². The van der Waals surface area contributed by atoms with Crippen molar-refractivity contribution in [2.75, 3.05) is 18.5 Å². The van der Waals surface area contributed by atoms with Gasteiger partial charge in [0.05, 0.1) is 24.2 Å². The summed E-state index contributed by atoms with van der Waals surface area (Å²) in [6.45, 7) is 20.5. The number of hydrogen-bond acceptors (Lipinski definition) is 5. The quantitative estimate of drug-likeness (QED) is 0.192. The molecule has 2 rings (SSSR count). The summed E-state index contributed by atoms with van der Waals surface area (Å²) in [6.07, 6.45) is 4.79. The number of hydrogen-bond donors (Lipinski definition) is 1. The number of carbonyl (C=O) groups is 1. The minimum absolute atomic E-state index is 0.0104. The first kappa shape index (κ1) is 30.0. The molecular formula is C27H50BrNO4Si. The van der Waals surface area contributed by atoms with Gasteiger partial charge in [-0.2, -0.15) is 0 Å². The average Bonchev–Trinajstić information content (AvgIpc) is 3.24. The van der Waals surface area contributed by atoms with Crippen LogP contribution in [0.25, 0.3) is 0 Å². The monoisotopic (exact) mass is 559 g/mol. The standard InChI is InChI=1S/C27H50BrNO4Si/c1-19-18-22(30)27(14-11-15-28,21-12-10-16-29-21)20(13-17-32-24(31)25(2,3)4)23(19)33-34(8,9)26(5,6)7/h19-20,22-23,30H,10-18H2,1-9H3/t19-,20+,22-,23-,27-/m0/s1. The molecule has 1 saturated carbocycles. The molecule has 0 saturated heterocycles. The molecule has 0 bridgehead atoms. The Hall–Kier alpha value is -0.243. The molecule has 0 unspecified atom stereocenters. The van der Waals surface area contributed by atoms with Gasteiger partial charge >= 0.3 is 5.97 Å². The summed E-state index contributed by atoms with van der Waals surface area (Å²) >= 11 is 3.63. The summed E-state index contributed by atoms with van der Waals surface area (Å²) in [5.41, 5.74) is 0.223. The zero-order valence-corrected chi connectivity index (χ0v) is 25.8. The molecule has 1 fully saturated rings. The van der Waals surface area contributed by atoms with Gasteiger partial charge in [-0.15, -0.1) is 0 Å². The Bertz CT molecular complexity index is 727. The molecule has 0 aromatic heterocycles. The molecule has 0 radical (unpaired) electrons. The Morgan fingerprint density at radius 2 is 1.88 bits per heavy atom. The maximum Gasteiger partial charge on any atom is 0.311 e. The first-order chi connectivity index (χ1) is 15.6. The molecule has 0 amide bonds. The molecule has 5 nitrogen and oxygen atoms in total. The van der Waals surface area contributed by atoms with E-state index in [1.807, 2.05) is 20.8 Å². The molecule has 1 aliphatic heterocycles. The summed E-state index contributed by atoms with van der Waals surface area (Å²) in [5.74, 6) is 0.110. The fourth-order valence-corrected chi connectivity index (χ4v) is 7.16. The number of aliphatic hydroxyl groups excluding tert-OH is 1. The highest BCUT2D eigenvalue weighted by molar-refractivity contribution is 9.09. The Morgan fingerprint density at radius 3 is 2.38 bits per heavy atom. The number of aliphatic hydroxyl groups is 1. The molecule has 34 heavy (non-hydrogen) atoms. The number of aliphatic imine (C=N–C) groups is 1. The topological polar surface area (TPSA) is 68.1 Å². The summed E-state index contributed by atoms with van der Waals surface area (Å²) in [5, 5.41) is 12.7. The zero-order chi connectivity index (χ0) is 25.9. The Morgan fingerprint density at radius 1 is 1.24 bits per heavy atom. The van der Waals surface area contributed by atoms with E-state index in [2.05, 4.69) is 56.7 Å². The summed E-state index contributed by atoms with van der Waals surface area (Å²) in [6, 6.07) is 0. The maximum atomic E-state index is 12.5. The number of nitrogens with zero attached hydrogens (tertiary/aromatic N) is 1. The average molecular weight is 561 g/mol. The third-order valence-corrected chi connectivity index (χ3v) is 13.5. The first-order valence-electron chi connectivity index (χ1n) is 13.2. The van der Waals surface area contributed by atoms with Gasteiger partial charge in [0.2, 0.25) is 0 Å². The maximum absolute atomic E-state index is 12.5. The van der Waals surface area contributed by atoms with E-state index in [1.165, 1.54) is 5.71 Å². The highest BCUT2D eigenvalue weighted by atomic mass is 79.9. The van der Waals surface area contributed by atoms with E-state index in [9.17, 15) is 9.90 Å². The molecule has 0 spiro atoms. The third-order valence-electron chi connectivity index (χ3n) is 8.46. The van der Waals surface area contributed by atoms with Gasteiger partial charge in [0, 0.05) is 28.9 Å². The van der Waals surface area contributed by atoms with Crippen LogP contribution in [-0.4, -0.2) is 55.8 Å². The van der Waals surface area contributed by atoms with Crippen molar-refractivity contribution in [2.24, 2.45) is 27.7 Å². The Balaban J connectivity index is 2.50. The second kappa shape index (κ2) is 11.4. The predicted molar refractivity (Wildman–Crippen MR) is 147 cm³/mol. The minimum atomic E-state index is -2.06. The van der Waals surface area contributed by atoms with E-state index in [0.29, 0.717) is 13.0 Å². The number of halogens is 1. The van der Waals surface area contributed by atoms with Crippen LogP contribution in [0.4, 0.5) is 0 Å². The van der Waals surface area contributed by atoms with Gasteiger partial charge in [0.1, 0.15) is 0 Å². The van der Waals surface area contributed by atoms with Gasteiger partial charge in [-0.25, -0.2) is 0 Å². The molecule has 5 atom stereocenters. The second-order valence-corrected chi connectivity index (χ2v) is 18.7. The number of rotatable bonds is 9. The molecular weight excluding hydrogens is 510 g/mol. The lowest BCUT2D eigenvalue weighted by Gasteiger charge is -2.56. The van der Waals surface area contributed by atoms with Crippen molar-refractivity contribution in [3.05, 3.63) is 0 Å². The number of ether oxygens (including phenoxy) is 1. The minimum Gasteiger partial charge on any atom is -0.465 e. The Kier molecular flexibility index (Phi) is 10.1. The molecule has 2 aliphatic rings. The van der Waals surface area contributed by atoms with Crippen LogP contribution in [-0.2, 0) is 14.0 Å². The lowest BCUT2D eigenvalue weighted by molar-refractivity contribution is -0.155.